The normalized spacial score (nSPS) is 16.0. The second kappa shape index (κ2) is 11.4. The van der Waals surface area contributed by atoms with Gasteiger partial charge in [-0.25, -0.2) is 0 Å². The Kier molecular flexibility index (Phi) is 6.18. The van der Waals surface area contributed by atoms with Crippen molar-refractivity contribution in [3.05, 3.63) is 244 Å². The summed E-state index contributed by atoms with van der Waals surface area (Å²) in [5.41, 5.74) is 28.3. The molecule has 63 heavy (non-hydrogen) atoms. The number of anilines is 5. The number of fused-ring (bicyclic) bond motifs is 22. The summed E-state index contributed by atoms with van der Waals surface area (Å²) in [6.07, 6.45) is 0. The zero-order valence-corrected chi connectivity index (χ0v) is 35.4. The van der Waals surface area contributed by atoms with E-state index in [1.54, 1.807) is 0 Å². The largest absolute Gasteiger partial charge is 0.376 e. The zero-order valence-electron chi connectivity index (χ0n) is 35.4. The lowest BCUT2D eigenvalue weighted by Gasteiger charge is -2.54. The molecule has 0 N–H and O–H groups in total. The van der Waals surface area contributed by atoms with Crippen LogP contribution in [-0.4, -0.2) is 6.85 Å². The minimum absolute atomic E-state index is 0.0801. The molecule has 0 saturated carbocycles. The van der Waals surface area contributed by atoms with E-state index < -0.39 is 10.8 Å². The summed E-state index contributed by atoms with van der Waals surface area (Å²) in [5, 5.41) is 0. The molecule has 9 aromatic carbocycles. The van der Waals surface area contributed by atoms with E-state index in [1.165, 1.54) is 123 Å². The van der Waals surface area contributed by atoms with Gasteiger partial charge >= 0.3 is 6.85 Å². The fourth-order valence-electron chi connectivity index (χ4n) is 13.5. The van der Waals surface area contributed by atoms with E-state index in [9.17, 15) is 0 Å². The van der Waals surface area contributed by atoms with Crippen LogP contribution in [0.5, 0.6) is 0 Å². The van der Waals surface area contributed by atoms with E-state index in [1.807, 2.05) is 0 Å². The average Bonchev–Trinajstić information content (AvgIpc) is 3.79. The van der Waals surface area contributed by atoms with Gasteiger partial charge in [0.2, 0.25) is 0 Å². The van der Waals surface area contributed by atoms with Crippen LogP contribution in [0, 0.1) is 0 Å². The molecule has 0 fully saturated rings. The van der Waals surface area contributed by atoms with Crippen molar-refractivity contribution in [2.75, 3.05) is 9.71 Å². The minimum atomic E-state index is -0.494. The molecular weight excluding hydrogens is 759 g/mol. The van der Waals surface area contributed by atoms with Crippen molar-refractivity contribution in [2.45, 2.75) is 37.0 Å². The number of rotatable bonds is 0. The third kappa shape index (κ3) is 3.76. The van der Waals surface area contributed by atoms with Crippen LogP contribution in [0.2, 0.25) is 0 Å². The molecule has 0 bridgehead atoms. The van der Waals surface area contributed by atoms with Crippen LogP contribution < -0.4 is 20.6 Å². The van der Waals surface area contributed by atoms with E-state index in [0.717, 1.165) is 0 Å². The molecule has 0 radical (unpaired) electrons. The Balaban J connectivity index is 1.12. The maximum Gasteiger partial charge on any atom is 0.333 e. The van der Waals surface area contributed by atoms with Gasteiger partial charge in [0.05, 0.1) is 16.5 Å². The molecule has 0 saturated heterocycles. The zero-order chi connectivity index (χ0) is 41.6. The van der Waals surface area contributed by atoms with Crippen molar-refractivity contribution >= 4 is 46.2 Å². The predicted molar refractivity (Wildman–Crippen MR) is 261 cm³/mol. The Morgan fingerprint density at radius 2 is 0.794 bits per heavy atom. The summed E-state index contributed by atoms with van der Waals surface area (Å²) in [7, 11) is 0. The van der Waals surface area contributed by atoms with Crippen molar-refractivity contribution in [3.8, 4) is 33.4 Å². The molecule has 4 heterocycles. The SMILES string of the molecule is CC(C)(C)c1cc2c3c(c1)N1c4ccccc4C4(c5ccccc5-c5ccccc54)c4cccc(c41)B3N1c3ccccc3C3(c4ccccc4-c4ccccc43)c3cccc-2c31. The summed E-state index contributed by atoms with van der Waals surface area (Å²) in [5.74, 6) is 0. The number of para-hydroxylation sites is 4. The lowest BCUT2D eigenvalue weighted by Crippen LogP contribution is -2.64. The molecule has 294 valence electrons. The molecule has 0 unspecified atom stereocenters. The highest BCUT2D eigenvalue weighted by molar-refractivity contribution is 6.94. The van der Waals surface area contributed by atoms with Gasteiger partial charge in [-0.2, -0.15) is 0 Å². The number of hydrogen-bond donors (Lipinski definition) is 0. The summed E-state index contributed by atoms with van der Waals surface area (Å²) in [4.78, 5) is 5.45. The van der Waals surface area contributed by atoms with Gasteiger partial charge in [-0.05, 0) is 112 Å². The molecule has 2 aliphatic carbocycles. The van der Waals surface area contributed by atoms with Gasteiger partial charge in [0, 0.05) is 28.3 Å². The lowest BCUT2D eigenvalue weighted by atomic mass is 9.41. The van der Waals surface area contributed by atoms with Crippen LogP contribution in [-0.2, 0) is 16.2 Å². The van der Waals surface area contributed by atoms with E-state index in [2.05, 4.69) is 225 Å². The summed E-state index contributed by atoms with van der Waals surface area (Å²) >= 11 is 0. The maximum absolute atomic E-state index is 2.77. The van der Waals surface area contributed by atoms with Crippen molar-refractivity contribution < 1.29 is 0 Å². The number of benzene rings is 9. The van der Waals surface area contributed by atoms with Crippen LogP contribution in [0.15, 0.2) is 194 Å². The highest BCUT2D eigenvalue weighted by Crippen LogP contribution is 2.67. The molecule has 3 heteroatoms. The average molecular weight is 801 g/mol. The van der Waals surface area contributed by atoms with Crippen LogP contribution in [0.25, 0.3) is 33.4 Å². The highest BCUT2D eigenvalue weighted by atomic mass is 15.2. The lowest BCUT2D eigenvalue weighted by molar-refractivity contribution is 0.590. The Morgan fingerprint density at radius 1 is 0.365 bits per heavy atom. The topological polar surface area (TPSA) is 6.48 Å². The molecule has 9 aromatic rings. The van der Waals surface area contributed by atoms with E-state index in [0.29, 0.717) is 0 Å². The van der Waals surface area contributed by atoms with Gasteiger partial charge in [-0.1, -0.05) is 197 Å². The van der Waals surface area contributed by atoms with Crippen molar-refractivity contribution in [3.63, 3.8) is 0 Å². The minimum Gasteiger partial charge on any atom is -0.376 e. The van der Waals surface area contributed by atoms with E-state index in [-0.39, 0.29) is 12.3 Å². The summed E-state index contributed by atoms with van der Waals surface area (Å²) in [6, 6.07) is 75.0. The summed E-state index contributed by atoms with van der Waals surface area (Å²) < 4.78 is 0. The third-order valence-electron chi connectivity index (χ3n) is 15.8. The van der Waals surface area contributed by atoms with Crippen molar-refractivity contribution in [1.82, 2.24) is 0 Å². The summed E-state index contributed by atoms with van der Waals surface area (Å²) in [6.45, 7) is 7.04. The first-order chi connectivity index (χ1) is 30.9. The number of hydrogen-bond acceptors (Lipinski definition) is 2. The molecule has 4 aliphatic heterocycles. The Hall–Kier alpha value is -7.36. The first-order valence-electron chi connectivity index (χ1n) is 22.6. The molecule has 2 spiro atoms. The standard InChI is InChI=1S/C60H41BN2/c1-58(2,3)36-34-42-41-22-16-29-49-56(41)63(53-33-15-13-28-48(53)60(49)45-25-10-6-20-39(45)40-21-7-11-26-46(40)60)61-51-31-17-30-50-57(51)62(54(35-36)55(42)61)52-32-14-12-27-47(52)59(50)43-23-8-4-18-37(43)38-19-5-9-24-44(38)59/h4-35H,1-3H3. The van der Waals surface area contributed by atoms with Gasteiger partial charge in [0.1, 0.15) is 0 Å². The first kappa shape index (κ1) is 34.3. The molecule has 6 aliphatic rings. The molecule has 15 rings (SSSR count). The molecule has 0 amide bonds. The monoisotopic (exact) mass is 800 g/mol. The fourth-order valence-corrected chi connectivity index (χ4v) is 13.5. The number of nitrogens with zero attached hydrogens (tertiary/aromatic N) is 2. The molecular formula is C60H41BN2. The fraction of sp³-hybridized carbons (Fsp3) is 0.100. The van der Waals surface area contributed by atoms with Gasteiger partial charge < -0.3 is 9.71 Å². The third-order valence-corrected chi connectivity index (χ3v) is 15.8. The van der Waals surface area contributed by atoms with Gasteiger partial charge in [-0.15, -0.1) is 0 Å². The van der Waals surface area contributed by atoms with Crippen LogP contribution in [0.4, 0.5) is 28.4 Å². The van der Waals surface area contributed by atoms with Gasteiger partial charge in [0.25, 0.3) is 0 Å². The van der Waals surface area contributed by atoms with Gasteiger partial charge in [0.15, 0.2) is 0 Å². The maximum atomic E-state index is 2.77. The van der Waals surface area contributed by atoms with E-state index >= 15 is 0 Å². The smallest absolute Gasteiger partial charge is 0.333 e. The van der Waals surface area contributed by atoms with Crippen LogP contribution >= 0.6 is 0 Å². The van der Waals surface area contributed by atoms with E-state index in [4.69, 9.17) is 0 Å². The van der Waals surface area contributed by atoms with Crippen molar-refractivity contribution in [2.24, 2.45) is 0 Å². The van der Waals surface area contributed by atoms with Crippen LogP contribution in [0.1, 0.15) is 70.8 Å². The van der Waals surface area contributed by atoms with Crippen LogP contribution in [0.3, 0.4) is 0 Å². The van der Waals surface area contributed by atoms with Gasteiger partial charge in [-0.3, -0.25) is 0 Å². The second-order valence-corrected chi connectivity index (χ2v) is 19.5. The Labute approximate surface area is 368 Å². The quantitative estimate of drug-likeness (QED) is 0.141. The first-order valence-corrected chi connectivity index (χ1v) is 22.6. The molecule has 0 atom stereocenters. The molecule has 0 aromatic heterocycles. The van der Waals surface area contributed by atoms with Crippen molar-refractivity contribution in [1.29, 1.82) is 0 Å². The molecule has 2 nitrogen and oxygen atoms in total. The highest BCUT2D eigenvalue weighted by Gasteiger charge is 2.59. The second-order valence-electron chi connectivity index (χ2n) is 19.5. The Morgan fingerprint density at radius 3 is 1.35 bits per heavy atom. The predicted octanol–water partition coefficient (Wildman–Crippen LogP) is 13.0. The Bertz CT molecular complexity index is 3460.